The van der Waals surface area contributed by atoms with E-state index in [0.29, 0.717) is 18.0 Å². The van der Waals surface area contributed by atoms with Gasteiger partial charge >= 0.3 is 0 Å². The van der Waals surface area contributed by atoms with E-state index in [0.717, 1.165) is 48.6 Å². The Labute approximate surface area is 175 Å². The number of carbonyl (C=O) groups excluding carboxylic acids is 1. The number of aryl methyl sites for hydroxylation is 2. The summed E-state index contributed by atoms with van der Waals surface area (Å²) in [7, 11) is 2.04. The van der Waals surface area contributed by atoms with Crippen LogP contribution in [0.25, 0.3) is 33.5 Å². The van der Waals surface area contributed by atoms with Gasteiger partial charge in [0.1, 0.15) is 0 Å². The maximum absolute atomic E-state index is 13.0. The van der Waals surface area contributed by atoms with Crippen LogP contribution in [0, 0.1) is 5.92 Å². The molecule has 1 atom stereocenters. The van der Waals surface area contributed by atoms with Crippen LogP contribution in [0.2, 0.25) is 0 Å². The van der Waals surface area contributed by atoms with Crippen molar-refractivity contribution in [2.24, 2.45) is 18.7 Å². The van der Waals surface area contributed by atoms with E-state index in [2.05, 4.69) is 46.4 Å². The van der Waals surface area contributed by atoms with E-state index in [1.54, 1.807) is 0 Å². The Morgan fingerprint density at radius 3 is 2.77 bits per heavy atom. The first-order chi connectivity index (χ1) is 14.6. The fraction of sp³-hybridized carbons (Fsp3) is 0.333. The van der Waals surface area contributed by atoms with E-state index in [4.69, 9.17) is 10.7 Å². The van der Waals surface area contributed by atoms with Crippen molar-refractivity contribution >= 4 is 27.8 Å². The summed E-state index contributed by atoms with van der Waals surface area (Å²) in [4.78, 5) is 19.8. The number of amides is 1. The largest absolute Gasteiger partial charge is 0.338 e. The second-order valence-electron chi connectivity index (χ2n) is 8.17. The molecule has 6 nitrogen and oxygen atoms in total. The average molecular weight is 402 g/mol. The average Bonchev–Trinajstić information content (AvgIpc) is 3.48. The van der Waals surface area contributed by atoms with E-state index in [1.165, 1.54) is 10.9 Å². The molecule has 2 aromatic carbocycles. The third-order valence-electron chi connectivity index (χ3n) is 6.39. The van der Waals surface area contributed by atoms with Crippen molar-refractivity contribution in [2.45, 2.75) is 19.9 Å². The molecular weight excluding hydrogens is 374 g/mol. The van der Waals surface area contributed by atoms with Gasteiger partial charge in [0, 0.05) is 43.1 Å². The quantitative estimate of drug-likeness (QED) is 0.568. The minimum atomic E-state index is 0.0720. The molecule has 0 unspecified atom stereocenters. The van der Waals surface area contributed by atoms with Gasteiger partial charge in [-0.15, -0.1) is 0 Å². The maximum atomic E-state index is 13.0. The number of imidazole rings is 1. The Balaban J connectivity index is 1.56. The lowest BCUT2D eigenvalue weighted by Crippen LogP contribution is -2.29. The van der Waals surface area contributed by atoms with Gasteiger partial charge in [-0.2, -0.15) is 0 Å². The van der Waals surface area contributed by atoms with Crippen LogP contribution >= 0.6 is 0 Å². The Morgan fingerprint density at radius 2 is 2.00 bits per heavy atom. The van der Waals surface area contributed by atoms with Crippen LogP contribution in [0.5, 0.6) is 0 Å². The molecular formula is C24H27N5O. The minimum Gasteiger partial charge on any atom is -0.338 e. The molecule has 0 bridgehead atoms. The number of fused-ring (bicyclic) bond motifs is 2. The highest BCUT2D eigenvalue weighted by atomic mass is 16.2. The Bertz CT molecular complexity index is 1250. The highest BCUT2D eigenvalue weighted by Crippen LogP contribution is 2.30. The lowest BCUT2D eigenvalue weighted by Gasteiger charge is -2.16. The van der Waals surface area contributed by atoms with Gasteiger partial charge in [0.25, 0.3) is 5.91 Å². The molecule has 2 aromatic heterocycles. The molecule has 154 valence electrons. The van der Waals surface area contributed by atoms with Gasteiger partial charge in [-0.3, -0.25) is 4.79 Å². The number of rotatable bonds is 4. The summed E-state index contributed by atoms with van der Waals surface area (Å²) in [5.74, 6) is 1.40. The molecule has 0 radical (unpaired) electrons. The van der Waals surface area contributed by atoms with Crippen molar-refractivity contribution in [3.8, 4) is 11.5 Å². The summed E-state index contributed by atoms with van der Waals surface area (Å²) in [5, 5.41) is 1.21. The summed E-state index contributed by atoms with van der Waals surface area (Å²) in [6.45, 7) is 5.19. The normalized spacial score (nSPS) is 16.8. The molecule has 1 aliphatic heterocycles. The predicted octanol–water partition coefficient (Wildman–Crippen LogP) is 3.64. The number of likely N-dealkylation sites (tertiary alicyclic amines) is 1. The van der Waals surface area contributed by atoms with Crippen LogP contribution in [0.3, 0.4) is 0 Å². The molecule has 1 aliphatic rings. The number of nitrogens with zero attached hydrogens (tertiary/aromatic N) is 4. The highest BCUT2D eigenvalue weighted by molar-refractivity contribution is 5.98. The van der Waals surface area contributed by atoms with Crippen molar-refractivity contribution in [1.82, 2.24) is 19.0 Å². The van der Waals surface area contributed by atoms with E-state index < -0.39 is 0 Å². The molecule has 1 fully saturated rings. The monoisotopic (exact) mass is 401 g/mol. The Hall–Kier alpha value is -3.12. The van der Waals surface area contributed by atoms with Gasteiger partial charge in [-0.1, -0.05) is 18.2 Å². The van der Waals surface area contributed by atoms with Crippen molar-refractivity contribution in [1.29, 1.82) is 0 Å². The van der Waals surface area contributed by atoms with Gasteiger partial charge in [0.15, 0.2) is 5.82 Å². The molecule has 0 aliphatic carbocycles. The number of hydrogen-bond donors (Lipinski definition) is 1. The summed E-state index contributed by atoms with van der Waals surface area (Å²) in [5.41, 5.74) is 10.7. The zero-order valence-corrected chi connectivity index (χ0v) is 17.5. The zero-order chi connectivity index (χ0) is 20.8. The molecule has 1 amide bonds. The molecule has 0 saturated carbocycles. The molecule has 4 aromatic rings. The summed E-state index contributed by atoms with van der Waals surface area (Å²) >= 11 is 0. The Kier molecular flexibility index (Phi) is 4.59. The molecule has 2 N–H and O–H groups in total. The van der Waals surface area contributed by atoms with Gasteiger partial charge < -0.3 is 19.8 Å². The summed E-state index contributed by atoms with van der Waals surface area (Å²) in [6.07, 6.45) is 0.986. The zero-order valence-electron chi connectivity index (χ0n) is 17.5. The van der Waals surface area contributed by atoms with Gasteiger partial charge in [-0.05, 0) is 56.1 Å². The first-order valence-electron chi connectivity index (χ1n) is 10.6. The highest BCUT2D eigenvalue weighted by Gasteiger charge is 2.26. The van der Waals surface area contributed by atoms with Crippen LogP contribution < -0.4 is 5.73 Å². The Morgan fingerprint density at radius 1 is 1.17 bits per heavy atom. The van der Waals surface area contributed by atoms with Crippen molar-refractivity contribution in [3.05, 3.63) is 54.1 Å². The second kappa shape index (κ2) is 7.29. The fourth-order valence-corrected chi connectivity index (χ4v) is 4.69. The van der Waals surface area contributed by atoms with Crippen LogP contribution in [0.15, 0.2) is 48.5 Å². The topological polar surface area (TPSA) is 69.1 Å². The van der Waals surface area contributed by atoms with Gasteiger partial charge in [0.05, 0.1) is 16.7 Å². The third-order valence-corrected chi connectivity index (χ3v) is 6.39. The molecule has 6 heteroatoms. The molecule has 5 rings (SSSR count). The maximum Gasteiger partial charge on any atom is 0.253 e. The summed E-state index contributed by atoms with van der Waals surface area (Å²) in [6, 6.07) is 16.5. The second-order valence-corrected chi connectivity index (χ2v) is 8.17. The number of para-hydroxylation sites is 1. The minimum absolute atomic E-state index is 0.0720. The number of aromatic nitrogens is 3. The van der Waals surface area contributed by atoms with Crippen molar-refractivity contribution in [3.63, 3.8) is 0 Å². The van der Waals surface area contributed by atoms with Crippen molar-refractivity contribution in [2.75, 3.05) is 19.6 Å². The number of nitrogens with two attached hydrogens (primary N) is 1. The smallest absolute Gasteiger partial charge is 0.253 e. The molecule has 30 heavy (non-hydrogen) atoms. The van der Waals surface area contributed by atoms with Gasteiger partial charge in [0.2, 0.25) is 0 Å². The SMILES string of the molecule is CCn1c(-c2nc3cc(C(=O)N4CC[C@@H](CN)C4)ccc3n2C)cc2ccccc21. The lowest BCUT2D eigenvalue weighted by atomic mass is 10.1. The first kappa shape index (κ1) is 18.9. The van der Waals surface area contributed by atoms with Gasteiger partial charge in [-0.25, -0.2) is 4.98 Å². The van der Waals surface area contributed by atoms with Crippen LogP contribution in [0.4, 0.5) is 0 Å². The van der Waals surface area contributed by atoms with Crippen LogP contribution in [-0.4, -0.2) is 44.6 Å². The standard InChI is InChI=1S/C24H27N5O/c1-3-29-20-7-5-4-6-17(20)13-22(29)23-26-19-12-18(8-9-21(19)27(23)2)24(30)28-11-10-16(14-25)15-28/h4-9,12-13,16H,3,10-11,14-15,25H2,1-2H3/t16-/m0/s1. The van der Waals surface area contributed by atoms with Crippen LogP contribution in [0.1, 0.15) is 23.7 Å². The lowest BCUT2D eigenvalue weighted by molar-refractivity contribution is 0.0788. The van der Waals surface area contributed by atoms with E-state index in [-0.39, 0.29) is 5.91 Å². The third kappa shape index (κ3) is 2.91. The summed E-state index contributed by atoms with van der Waals surface area (Å²) < 4.78 is 4.41. The first-order valence-corrected chi connectivity index (χ1v) is 10.6. The fourth-order valence-electron chi connectivity index (χ4n) is 4.69. The van der Waals surface area contributed by atoms with E-state index in [9.17, 15) is 4.79 Å². The predicted molar refractivity (Wildman–Crippen MR) is 120 cm³/mol. The molecule has 1 saturated heterocycles. The molecule has 0 spiro atoms. The van der Waals surface area contributed by atoms with E-state index >= 15 is 0 Å². The number of hydrogen-bond acceptors (Lipinski definition) is 3. The van der Waals surface area contributed by atoms with Crippen LogP contribution in [-0.2, 0) is 13.6 Å². The number of carbonyl (C=O) groups is 1. The number of benzene rings is 2. The molecule has 3 heterocycles. The van der Waals surface area contributed by atoms with E-state index in [1.807, 2.05) is 30.1 Å². The van der Waals surface area contributed by atoms with Crippen molar-refractivity contribution < 1.29 is 4.79 Å².